The van der Waals surface area contributed by atoms with Gasteiger partial charge in [-0.1, -0.05) is 33.6 Å². The maximum Gasteiger partial charge on any atom is 0.0616 e. The highest BCUT2D eigenvalue weighted by atomic mass is 16.3. The van der Waals surface area contributed by atoms with Crippen LogP contribution in [0.2, 0.25) is 0 Å². The van der Waals surface area contributed by atoms with Crippen molar-refractivity contribution in [1.29, 1.82) is 0 Å². The first-order valence-corrected chi connectivity index (χ1v) is 7.36. The van der Waals surface area contributed by atoms with Crippen molar-refractivity contribution < 1.29 is 5.11 Å². The molecule has 2 nitrogen and oxygen atoms in total. The second kappa shape index (κ2) is 4.89. The summed E-state index contributed by atoms with van der Waals surface area (Å²) in [6.45, 7) is 7.35. The van der Waals surface area contributed by atoms with Crippen molar-refractivity contribution in [2.45, 2.75) is 77.3 Å². The Morgan fingerprint density at radius 3 is 2.35 bits per heavy atom. The average molecular weight is 239 g/mol. The van der Waals surface area contributed by atoms with Gasteiger partial charge in [-0.15, -0.1) is 0 Å². The number of aliphatic hydroxyl groups is 1. The first-order valence-electron chi connectivity index (χ1n) is 7.36. The molecule has 17 heavy (non-hydrogen) atoms. The highest BCUT2D eigenvalue weighted by Crippen LogP contribution is 2.44. The van der Waals surface area contributed by atoms with E-state index < -0.39 is 0 Å². The van der Waals surface area contributed by atoms with Crippen molar-refractivity contribution >= 4 is 0 Å². The van der Waals surface area contributed by atoms with Crippen LogP contribution in [0.1, 0.15) is 65.7 Å². The molecular formula is C15H29NO. The van der Waals surface area contributed by atoms with Crippen molar-refractivity contribution in [3.63, 3.8) is 0 Å². The summed E-state index contributed by atoms with van der Waals surface area (Å²) in [5, 5.41) is 13.7. The zero-order valence-electron chi connectivity index (χ0n) is 11.8. The molecule has 0 saturated heterocycles. The second-order valence-electron chi connectivity index (χ2n) is 7.21. The molecule has 2 saturated carbocycles. The van der Waals surface area contributed by atoms with Crippen LogP contribution in [0.3, 0.4) is 0 Å². The third-order valence-electron chi connectivity index (χ3n) is 5.18. The lowest BCUT2D eigenvalue weighted by Gasteiger charge is -2.49. The second-order valence-corrected chi connectivity index (χ2v) is 7.21. The molecule has 2 N–H and O–H groups in total. The SMILES string of the molecule is CC1CC(C)(C)CCC1(CO)NC1CCCC1. The maximum absolute atomic E-state index is 9.88. The Bertz CT molecular complexity index is 258. The minimum Gasteiger partial charge on any atom is -0.394 e. The molecule has 0 radical (unpaired) electrons. The normalized spacial score (nSPS) is 38.5. The summed E-state index contributed by atoms with van der Waals surface area (Å²) in [5.41, 5.74) is 0.458. The zero-order chi connectivity index (χ0) is 12.5. The lowest BCUT2D eigenvalue weighted by atomic mass is 9.64. The van der Waals surface area contributed by atoms with Crippen LogP contribution in [0.15, 0.2) is 0 Å². The number of rotatable bonds is 3. The predicted octanol–water partition coefficient (Wildman–Crippen LogP) is 3.10. The number of nitrogens with one attached hydrogen (secondary N) is 1. The summed E-state index contributed by atoms with van der Waals surface area (Å²) < 4.78 is 0. The zero-order valence-corrected chi connectivity index (χ0v) is 11.8. The Hall–Kier alpha value is -0.0800. The van der Waals surface area contributed by atoms with E-state index in [2.05, 4.69) is 26.1 Å². The minimum atomic E-state index is 0.00449. The van der Waals surface area contributed by atoms with Gasteiger partial charge >= 0.3 is 0 Å². The third-order valence-corrected chi connectivity index (χ3v) is 5.18. The van der Waals surface area contributed by atoms with Crippen molar-refractivity contribution in [3.8, 4) is 0 Å². The van der Waals surface area contributed by atoms with E-state index in [-0.39, 0.29) is 5.54 Å². The molecule has 0 aromatic carbocycles. The molecule has 2 rings (SSSR count). The number of aliphatic hydroxyl groups excluding tert-OH is 1. The van der Waals surface area contributed by atoms with Crippen LogP contribution >= 0.6 is 0 Å². The summed E-state index contributed by atoms with van der Waals surface area (Å²) in [6, 6.07) is 0.658. The molecule has 2 unspecified atom stereocenters. The summed E-state index contributed by atoms with van der Waals surface area (Å²) in [6.07, 6.45) is 8.92. The van der Waals surface area contributed by atoms with E-state index in [4.69, 9.17) is 0 Å². The maximum atomic E-state index is 9.88. The molecule has 100 valence electrons. The molecule has 0 amide bonds. The van der Waals surface area contributed by atoms with Crippen molar-refractivity contribution in [1.82, 2.24) is 5.32 Å². The highest BCUT2D eigenvalue weighted by molar-refractivity contribution is 5.01. The third kappa shape index (κ3) is 2.85. The van der Waals surface area contributed by atoms with Crippen LogP contribution in [-0.2, 0) is 0 Å². The van der Waals surface area contributed by atoms with E-state index in [0.29, 0.717) is 24.0 Å². The van der Waals surface area contributed by atoms with Gasteiger partial charge in [-0.05, 0) is 43.4 Å². The van der Waals surface area contributed by atoms with Gasteiger partial charge < -0.3 is 10.4 Å². The quantitative estimate of drug-likeness (QED) is 0.793. The van der Waals surface area contributed by atoms with Gasteiger partial charge in [-0.25, -0.2) is 0 Å². The summed E-state index contributed by atoms with van der Waals surface area (Å²) in [4.78, 5) is 0. The van der Waals surface area contributed by atoms with Crippen LogP contribution in [0.5, 0.6) is 0 Å². The van der Waals surface area contributed by atoms with Crippen LogP contribution < -0.4 is 5.32 Å². The molecule has 2 aliphatic rings. The van der Waals surface area contributed by atoms with Crippen molar-refractivity contribution in [3.05, 3.63) is 0 Å². The monoisotopic (exact) mass is 239 g/mol. The Balaban J connectivity index is 2.03. The molecule has 0 spiro atoms. The van der Waals surface area contributed by atoms with Gasteiger partial charge in [0, 0.05) is 11.6 Å². The fourth-order valence-corrected chi connectivity index (χ4v) is 3.91. The molecule has 0 bridgehead atoms. The van der Waals surface area contributed by atoms with Gasteiger partial charge in [0.05, 0.1) is 6.61 Å². The number of hydrogen-bond acceptors (Lipinski definition) is 2. The Labute approximate surface area is 106 Å². The summed E-state index contributed by atoms with van der Waals surface area (Å²) in [7, 11) is 0. The molecule has 0 heterocycles. The molecule has 0 aliphatic heterocycles. The predicted molar refractivity (Wildman–Crippen MR) is 72.0 cm³/mol. The Kier molecular flexibility index (Phi) is 3.84. The van der Waals surface area contributed by atoms with Crippen LogP contribution in [0, 0.1) is 11.3 Å². The molecule has 2 atom stereocenters. The average Bonchev–Trinajstić information content (AvgIpc) is 2.74. The summed E-state index contributed by atoms with van der Waals surface area (Å²) in [5.74, 6) is 0.580. The fraction of sp³-hybridized carbons (Fsp3) is 1.00. The Morgan fingerprint density at radius 2 is 1.82 bits per heavy atom. The van der Waals surface area contributed by atoms with Gasteiger partial charge in [-0.2, -0.15) is 0 Å². The largest absolute Gasteiger partial charge is 0.394 e. The highest BCUT2D eigenvalue weighted by Gasteiger charge is 2.44. The number of hydrogen-bond donors (Lipinski definition) is 2. The smallest absolute Gasteiger partial charge is 0.0616 e. The van der Waals surface area contributed by atoms with Gasteiger partial charge in [0.15, 0.2) is 0 Å². The van der Waals surface area contributed by atoms with Crippen molar-refractivity contribution in [2.24, 2.45) is 11.3 Å². The van der Waals surface area contributed by atoms with E-state index in [9.17, 15) is 5.11 Å². The van der Waals surface area contributed by atoms with E-state index in [0.717, 1.165) is 6.42 Å². The topological polar surface area (TPSA) is 32.3 Å². The van der Waals surface area contributed by atoms with Gasteiger partial charge in [-0.3, -0.25) is 0 Å². The van der Waals surface area contributed by atoms with E-state index in [1.807, 2.05) is 0 Å². The van der Waals surface area contributed by atoms with Crippen LogP contribution in [0.4, 0.5) is 0 Å². The first kappa shape index (κ1) is 13.4. The molecule has 0 aromatic heterocycles. The summed E-state index contributed by atoms with van der Waals surface area (Å²) >= 11 is 0. The Morgan fingerprint density at radius 1 is 1.18 bits per heavy atom. The van der Waals surface area contributed by atoms with E-state index >= 15 is 0 Å². The fourth-order valence-electron chi connectivity index (χ4n) is 3.91. The van der Waals surface area contributed by atoms with Crippen molar-refractivity contribution in [2.75, 3.05) is 6.61 Å². The lowest BCUT2D eigenvalue weighted by molar-refractivity contribution is 0.0202. The molecule has 2 heteroatoms. The lowest BCUT2D eigenvalue weighted by Crippen LogP contribution is -2.59. The van der Waals surface area contributed by atoms with E-state index in [1.165, 1.54) is 38.5 Å². The van der Waals surface area contributed by atoms with Gasteiger partial charge in [0.25, 0.3) is 0 Å². The van der Waals surface area contributed by atoms with Gasteiger partial charge in [0.1, 0.15) is 0 Å². The molecule has 2 fully saturated rings. The molecular weight excluding hydrogens is 210 g/mol. The van der Waals surface area contributed by atoms with Crippen LogP contribution in [-0.4, -0.2) is 23.3 Å². The molecule has 0 aromatic rings. The molecule has 2 aliphatic carbocycles. The van der Waals surface area contributed by atoms with Gasteiger partial charge in [0.2, 0.25) is 0 Å². The first-order chi connectivity index (χ1) is 7.97. The van der Waals surface area contributed by atoms with E-state index in [1.54, 1.807) is 0 Å². The minimum absolute atomic E-state index is 0.00449. The standard InChI is InChI=1S/C15H29NO/c1-12-10-14(2,3)8-9-15(12,11-17)16-13-6-4-5-7-13/h12-13,16-17H,4-11H2,1-3H3. The van der Waals surface area contributed by atoms with Crippen LogP contribution in [0.25, 0.3) is 0 Å².